The zero-order valence-corrected chi connectivity index (χ0v) is 10.3. The Morgan fingerprint density at radius 3 is 2.93 bits per heavy atom. The molecule has 0 unspecified atom stereocenters. The molecule has 14 heavy (non-hydrogen) atoms. The van der Waals surface area contributed by atoms with E-state index in [-0.39, 0.29) is 0 Å². The van der Waals surface area contributed by atoms with Crippen molar-refractivity contribution in [3.63, 3.8) is 0 Å². The van der Waals surface area contributed by atoms with Crippen LogP contribution in [0.5, 0.6) is 0 Å². The van der Waals surface area contributed by atoms with E-state index in [1.807, 2.05) is 6.07 Å². The smallest absolute Gasteiger partial charge is 0.142 e. The number of hydrogen-bond acceptors (Lipinski definition) is 2. The first-order chi connectivity index (χ1) is 6.66. The molecule has 1 aromatic rings. The van der Waals surface area contributed by atoms with Crippen molar-refractivity contribution in [3.8, 4) is 0 Å². The van der Waals surface area contributed by atoms with E-state index in [1.54, 1.807) is 6.20 Å². The molecule has 0 saturated heterocycles. The van der Waals surface area contributed by atoms with Gasteiger partial charge in [0.2, 0.25) is 0 Å². The van der Waals surface area contributed by atoms with Crippen LogP contribution in [-0.4, -0.2) is 18.6 Å². The van der Waals surface area contributed by atoms with Crippen LogP contribution < -0.4 is 4.90 Å². The fraction of sp³-hybridized carbons (Fsp3) is 0.500. The Kier molecular flexibility index (Phi) is 2.98. The Morgan fingerprint density at radius 1 is 1.64 bits per heavy atom. The van der Waals surface area contributed by atoms with Gasteiger partial charge in [0, 0.05) is 19.8 Å². The van der Waals surface area contributed by atoms with Crippen LogP contribution in [-0.2, 0) is 0 Å². The van der Waals surface area contributed by atoms with E-state index in [9.17, 15) is 0 Å². The van der Waals surface area contributed by atoms with Gasteiger partial charge in [0.15, 0.2) is 0 Å². The zero-order chi connectivity index (χ0) is 10.1. The number of halogens is 2. The fourth-order valence-corrected chi connectivity index (χ4v) is 2.40. The fourth-order valence-electron chi connectivity index (χ4n) is 1.46. The van der Waals surface area contributed by atoms with E-state index in [0.717, 1.165) is 22.8 Å². The predicted molar refractivity (Wildman–Crippen MR) is 62.9 cm³/mol. The number of nitrogens with zero attached hydrogens (tertiary/aromatic N) is 2. The van der Waals surface area contributed by atoms with Crippen molar-refractivity contribution in [1.82, 2.24) is 4.98 Å². The first-order valence-electron chi connectivity index (χ1n) is 4.69. The van der Waals surface area contributed by atoms with E-state index in [1.165, 1.54) is 12.8 Å². The van der Waals surface area contributed by atoms with Gasteiger partial charge in [-0.25, -0.2) is 4.98 Å². The molecule has 0 bridgehead atoms. The van der Waals surface area contributed by atoms with Gasteiger partial charge in [-0.2, -0.15) is 0 Å². The highest BCUT2D eigenvalue weighted by atomic mass is 79.9. The Morgan fingerprint density at radius 2 is 2.36 bits per heavy atom. The molecule has 1 aliphatic rings. The number of aromatic nitrogens is 1. The third-order valence-electron chi connectivity index (χ3n) is 2.38. The normalized spacial score (nSPS) is 15.6. The molecular formula is C10H12BrClN2. The summed E-state index contributed by atoms with van der Waals surface area (Å²) in [7, 11) is 2.07. The van der Waals surface area contributed by atoms with Gasteiger partial charge in [-0.1, -0.05) is 11.6 Å². The average Bonchev–Trinajstić information content (AvgIpc) is 2.87. The summed E-state index contributed by atoms with van der Waals surface area (Å²) < 4.78 is 0.966. The van der Waals surface area contributed by atoms with E-state index >= 15 is 0 Å². The van der Waals surface area contributed by atoms with Gasteiger partial charge in [0.1, 0.15) is 5.82 Å². The minimum Gasteiger partial charge on any atom is -0.358 e. The van der Waals surface area contributed by atoms with Gasteiger partial charge in [-0.3, -0.25) is 0 Å². The largest absolute Gasteiger partial charge is 0.358 e. The first kappa shape index (κ1) is 10.2. The molecule has 0 radical (unpaired) electrons. The molecule has 0 aromatic carbocycles. The van der Waals surface area contributed by atoms with Gasteiger partial charge < -0.3 is 4.90 Å². The molecule has 1 aromatic heterocycles. The van der Waals surface area contributed by atoms with Crippen molar-refractivity contribution in [1.29, 1.82) is 0 Å². The molecule has 0 amide bonds. The van der Waals surface area contributed by atoms with E-state index < -0.39 is 0 Å². The summed E-state index contributed by atoms with van der Waals surface area (Å²) in [6.07, 6.45) is 4.40. The maximum absolute atomic E-state index is 5.83. The van der Waals surface area contributed by atoms with Gasteiger partial charge in [0.05, 0.1) is 9.50 Å². The number of pyridine rings is 1. The summed E-state index contributed by atoms with van der Waals surface area (Å²) >= 11 is 9.30. The summed E-state index contributed by atoms with van der Waals surface area (Å²) in [5.41, 5.74) is 0. The molecule has 1 aliphatic carbocycles. The molecule has 2 nitrogen and oxygen atoms in total. The molecular weight excluding hydrogens is 263 g/mol. The Bertz CT molecular complexity index is 339. The highest BCUT2D eigenvalue weighted by Gasteiger charge is 2.23. The maximum Gasteiger partial charge on any atom is 0.142 e. The van der Waals surface area contributed by atoms with Crippen LogP contribution in [0.4, 0.5) is 5.82 Å². The minimum atomic E-state index is 0.667. The molecule has 0 spiro atoms. The molecule has 4 heteroatoms. The second-order valence-electron chi connectivity index (χ2n) is 3.78. The topological polar surface area (TPSA) is 16.1 Å². The van der Waals surface area contributed by atoms with Crippen molar-refractivity contribution in [2.24, 2.45) is 5.92 Å². The summed E-state index contributed by atoms with van der Waals surface area (Å²) in [5, 5.41) is 0.667. The lowest BCUT2D eigenvalue weighted by Crippen LogP contribution is -2.21. The van der Waals surface area contributed by atoms with Crippen molar-refractivity contribution in [2.75, 3.05) is 18.5 Å². The third kappa shape index (κ3) is 2.39. The van der Waals surface area contributed by atoms with Crippen LogP contribution in [0.25, 0.3) is 0 Å². The lowest BCUT2D eigenvalue weighted by molar-refractivity contribution is 0.776. The Labute approximate surface area is 97.4 Å². The maximum atomic E-state index is 5.83. The zero-order valence-electron chi connectivity index (χ0n) is 8.00. The number of rotatable bonds is 3. The summed E-state index contributed by atoms with van der Waals surface area (Å²) in [6, 6.07) is 1.88. The van der Waals surface area contributed by atoms with Gasteiger partial charge in [-0.15, -0.1) is 0 Å². The average molecular weight is 276 g/mol. The first-order valence-corrected chi connectivity index (χ1v) is 5.86. The lowest BCUT2D eigenvalue weighted by Gasteiger charge is -2.18. The van der Waals surface area contributed by atoms with Crippen molar-refractivity contribution in [2.45, 2.75) is 12.8 Å². The molecule has 1 heterocycles. The van der Waals surface area contributed by atoms with E-state index in [2.05, 4.69) is 32.9 Å². The van der Waals surface area contributed by atoms with E-state index in [0.29, 0.717) is 5.02 Å². The highest BCUT2D eigenvalue weighted by Crippen LogP contribution is 2.32. The lowest BCUT2D eigenvalue weighted by atomic mass is 10.3. The second kappa shape index (κ2) is 4.07. The molecule has 0 atom stereocenters. The van der Waals surface area contributed by atoms with Crippen LogP contribution in [0.15, 0.2) is 16.7 Å². The summed E-state index contributed by atoms with van der Waals surface area (Å²) in [5.74, 6) is 1.84. The van der Waals surface area contributed by atoms with Crippen LogP contribution in [0.1, 0.15) is 12.8 Å². The molecule has 76 valence electrons. The molecule has 2 rings (SSSR count). The van der Waals surface area contributed by atoms with Crippen LogP contribution in [0, 0.1) is 5.92 Å². The van der Waals surface area contributed by atoms with E-state index in [4.69, 9.17) is 11.6 Å². The molecule has 1 saturated carbocycles. The van der Waals surface area contributed by atoms with Crippen LogP contribution >= 0.6 is 27.5 Å². The minimum absolute atomic E-state index is 0.667. The van der Waals surface area contributed by atoms with Crippen molar-refractivity contribution >= 4 is 33.3 Å². The van der Waals surface area contributed by atoms with Crippen molar-refractivity contribution < 1.29 is 0 Å². The van der Waals surface area contributed by atoms with Crippen molar-refractivity contribution in [3.05, 3.63) is 21.8 Å². The van der Waals surface area contributed by atoms with Crippen LogP contribution in [0.3, 0.4) is 0 Å². The molecule has 0 N–H and O–H groups in total. The SMILES string of the molecule is CN(CC1CC1)c1ncc(Cl)cc1Br. The third-order valence-corrected chi connectivity index (χ3v) is 3.17. The quantitative estimate of drug-likeness (QED) is 0.841. The van der Waals surface area contributed by atoms with Crippen LogP contribution in [0.2, 0.25) is 5.02 Å². The van der Waals surface area contributed by atoms with Gasteiger partial charge >= 0.3 is 0 Å². The second-order valence-corrected chi connectivity index (χ2v) is 5.07. The van der Waals surface area contributed by atoms with Gasteiger partial charge in [0.25, 0.3) is 0 Å². The van der Waals surface area contributed by atoms with Gasteiger partial charge in [-0.05, 0) is 40.8 Å². The molecule has 0 aliphatic heterocycles. The predicted octanol–water partition coefficient (Wildman–Crippen LogP) is 3.34. The Balaban J connectivity index is 2.13. The Hall–Kier alpha value is -0.280. The molecule has 1 fully saturated rings. The monoisotopic (exact) mass is 274 g/mol. The number of anilines is 1. The number of hydrogen-bond donors (Lipinski definition) is 0. The summed E-state index contributed by atoms with van der Waals surface area (Å²) in [4.78, 5) is 6.48. The highest BCUT2D eigenvalue weighted by molar-refractivity contribution is 9.10. The standard InChI is InChI=1S/C10H12BrClN2/c1-14(6-7-2-3-7)10-9(11)4-8(12)5-13-10/h4-5,7H,2-3,6H2,1H3. The summed E-state index contributed by atoms with van der Waals surface area (Å²) in [6.45, 7) is 1.09.